The largest absolute Gasteiger partial charge is 0.377 e. The third-order valence-corrected chi connectivity index (χ3v) is 2.64. The molecule has 0 unspecified atom stereocenters. The van der Waals surface area contributed by atoms with Crippen molar-refractivity contribution in [1.82, 2.24) is 5.32 Å². The van der Waals surface area contributed by atoms with E-state index in [9.17, 15) is 0 Å². The van der Waals surface area contributed by atoms with Crippen LogP contribution in [-0.2, 0) is 4.74 Å². The predicted octanol–water partition coefficient (Wildman–Crippen LogP) is 2.05. The summed E-state index contributed by atoms with van der Waals surface area (Å²) in [4.78, 5) is 0. The normalized spacial score (nSPS) is 12.5. The Kier molecular flexibility index (Phi) is 5.00. The van der Waals surface area contributed by atoms with Crippen LogP contribution < -0.4 is 5.32 Å². The zero-order chi connectivity index (χ0) is 8.41. The van der Waals surface area contributed by atoms with Crippen LogP contribution in [0.15, 0.2) is 0 Å². The van der Waals surface area contributed by atoms with Crippen LogP contribution in [0.5, 0.6) is 0 Å². The summed E-state index contributed by atoms with van der Waals surface area (Å²) in [7, 11) is 3.68. The van der Waals surface area contributed by atoms with Gasteiger partial charge in [0.2, 0.25) is 0 Å². The minimum Gasteiger partial charge on any atom is -0.377 e. The fourth-order valence-corrected chi connectivity index (χ4v) is 0.556. The Balaban J connectivity index is 0. The molecule has 0 aliphatic rings. The molecule has 0 atom stereocenters. The minimum absolute atomic E-state index is 0. The number of hydrogen-bond acceptors (Lipinski definition) is 2. The second-order valence-electron chi connectivity index (χ2n) is 3.59. The van der Waals surface area contributed by atoms with E-state index in [2.05, 4.69) is 33.0 Å². The molecule has 0 aliphatic carbocycles. The van der Waals surface area contributed by atoms with Crippen molar-refractivity contribution in [3.8, 4) is 0 Å². The lowest BCUT2D eigenvalue weighted by atomic mass is 9.86. The number of likely N-dealkylation sites (N-methyl/N-ethyl adjacent to an activating group) is 1. The molecular weight excluding hydrogens is 138 g/mol. The number of methoxy groups -OCH3 is 1. The molecule has 0 spiro atoms. The van der Waals surface area contributed by atoms with Gasteiger partial charge in [-0.05, 0) is 34.7 Å². The molecule has 2 heteroatoms. The topological polar surface area (TPSA) is 21.3 Å². The Morgan fingerprint density at radius 3 is 1.55 bits per heavy atom. The molecule has 0 amide bonds. The molecule has 70 valence electrons. The molecule has 0 aromatic heterocycles. The summed E-state index contributed by atoms with van der Waals surface area (Å²) in [6.07, 6.45) is 0. The first-order valence-electron chi connectivity index (χ1n) is 3.61. The van der Waals surface area contributed by atoms with Crippen molar-refractivity contribution in [3.05, 3.63) is 0 Å². The van der Waals surface area contributed by atoms with Crippen molar-refractivity contribution in [2.24, 2.45) is 0 Å². The van der Waals surface area contributed by atoms with Crippen LogP contribution in [0.1, 0.15) is 35.1 Å². The van der Waals surface area contributed by atoms with E-state index < -0.39 is 0 Å². The highest BCUT2D eigenvalue weighted by molar-refractivity contribution is 4.93. The van der Waals surface area contributed by atoms with Crippen molar-refractivity contribution < 1.29 is 4.74 Å². The van der Waals surface area contributed by atoms with Crippen molar-refractivity contribution in [2.75, 3.05) is 14.2 Å². The summed E-state index contributed by atoms with van der Waals surface area (Å²) in [6.45, 7) is 8.39. The van der Waals surface area contributed by atoms with E-state index in [1.54, 1.807) is 7.11 Å². The van der Waals surface area contributed by atoms with Gasteiger partial charge in [-0.3, -0.25) is 0 Å². The van der Waals surface area contributed by atoms with Crippen molar-refractivity contribution >= 4 is 0 Å². The van der Waals surface area contributed by atoms with Gasteiger partial charge < -0.3 is 10.1 Å². The highest BCUT2D eigenvalue weighted by atomic mass is 16.5. The maximum atomic E-state index is 5.33. The molecule has 0 saturated carbocycles. The summed E-state index contributed by atoms with van der Waals surface area (Å²) >= 11 is 0. The van der Waals surface area contributed by atoms with E-state index in [4.69, 9.17) is 4.74 Å². The Morgan fingerprint density at radius 2 is 1.45 bits per heavy atom. The van der Waals surface area contributed by atoms with Gasteiger partial charge >= 0.3 is 0 Å². The molecule has 0 heterocycles. The second kappa shape index (κ2) is 4.07. The predicted molar refractivity (Wildman–Crippen MR) is 51.0 cm³/mol. The van der Waals surface area contributed by atoms with E-state index in [1.165, 1.54) is 0 Å². The maximum absolute atomic E-state index is 5.33. The number of rotatable bonds is 3. The quantitative estimate of drug-likeness (QED) is 0.684. The summed E-state index contributed by atoms with van der Waals surface area (Å²) in [5.74, 6) is 0. The van der Waals surface area contributed by atoms with E-state index in [-0.39, 0.29) is 18.6 Å². The Hall–Kier alpha value is -0.0800. The van der Waals surface area contributed by atoms with Crippen molar-refractivity contribution in [2.45, 2.75) is 46.3 Å². The zero-order valence-corrected chi connectivity index (χ0v) is 7.91. The van der Waals surface area contributed by atoms with Crippen LogP contribution in [0.4, 0.5) is 0 Å². The lowest BCUT2D eigenvalue weighted by Crippen LogP contribution is -2.55. The van der Waals surface area contributed by atoms with Crippen LogP contribution in [0.3, 0.4) is 0 Å². The van der Waals surface area contributed by atoms with Crippen molar-refractivity contribution in [3.63, 3.8) is 0 Å². The van der Waals surface area contributed by atoms with Gasteiger partial charge in [-0.15, -0.1) is 0 Å². The molecule has 2 nitrogen and oxygen atoms in total. The van der Waals surface area contributed by atoms with Crippen molar-refractivity contribution in [1.29, 1.82) is 0 Å². The van der Waals surface area contributed by atoms with Gasteiger partial charge in [-0.2, -0.15) is 0 Å². The average molecular weight is 161 g/mol. The lowest BCUT2D eigenvalue weighted by molar-refractivity contribution is -0.0417. The molecule has 0 fully saturated rings. The standard InChI is InChI=1S/C8H19NO.CH4/c1-7(2,9-5)8(3,4)10-6;/h9H,1-6H3;1H4. The smallest absolute Gasteiger partial charge is 0.0797 e. The average Bonchev–Trinajstić information content (AvgIpc) is 1.88. The number of ether oxygens (including phenoxy) is 1. The van der Waals surface area contributed by atoms with Gasteiger partial charge in [-0.25, -0.2) is 0 Å². The highest BCUT2D eigenvalue weighted by Gasteiger charge is 2.35. The van der Waals surface area contributed by atoms with E-state index >= 15 is 0 Å². The first-order chi connectivity index (χ1) is 4.37. The van der Waals surface area contributed by atoms with Gasteiger partial charge in [0.05, 0.1) is 5.60 Å². The maximum Gasteiger partial charge on any atom is 0.0797 e. The van der Waals surface area contributed by atoms with Crippen LogP contribution >= 0.6 is 0 Å². The summed E-state index contributed by atoms with van der Waals surface area (Å²) in [5.41, 5.74) is -0.108. The Bertz CT molecular complexity index is 94.1. The fourth-order valence-electron chi connectivity index (χ4n) is 0.556. The Morgan fingerprint density at radius 1 is 1.09 bits per heavy atom. The van der Waals surface area contributed by atoms with Crippen LogP contribution in [0, 0.1) is 0 Å². The number of nitrogens with one attached hydrogen (secondary N) is 1. The van der Waals surface area contributed by atoms with Gasteiger partial charge in [0, 0.05) is 12.6 Å². The fraction of sp³-hybridized carbons (Fsp3) is 1.00. The van der Waals surface area contributed by atoms with Gasteiger partial charge in [0.25, 0.3) is 0 Å². The molecule has 1 N–H and O–H groups in total. The molecule has 0 aromatic rings. The molecule has 0 radical (unpaired) electrons. The molecule has 0 saturated heterocycles. The molecule has 0 rings (SSSR count). The first kappa shape index (κ1) is 13.5. The van der Waals surface area contributed by atoms with E-state index in [0.717, 1.165) is 0 Å². The third-order valence-electron chi connectivity index (χ3n) is 2.64. The Labute approximate surface area is 71.3 Å². The summed E-state index contributed by atoms with van der Waals surface area (Å²) in [6, 6.07) is 0. The van der Waals surface area contributed by atoms with Crippen LogP contribution in [0.25, 0.3) is 0 Å². The highest BCUT2D eigenvalue weighted by Crippen LogP contribution is 2.23. The molecule has 0 bridgehead atoms. The third kappa shape index (κ3) is 2.80. The van der Waals surface area contributed by atoms with E-state index in [1.807, 2.05) is 7.05 Å². The zero-order valence-electron chi connectivity index (χ0n) is 7.91. The summed E-state index contributed by atoms with van der Waals surface area (Å²) in [5, 5.41) is 3.21. The molecule has 0 aliphatic heterocycles. The van der Waals surface area contributed by atoms with Gasteiger partial charge in [0.1, 0.15) is 0 Å². The first-order valence-corrected chi connectivity index (χ1v) is 3.61. The minimum atomic E-state index is -0.123. The SMILES string of the molecule is C.CNC(C)(C)C(C)(C)OC. The molecular formula is C9H23NO. The number of hydrogen-bond donors (Lipinski definition) is 1. The summed E-state index contributed by atoms with van der Waals surface area (Å²) < 4.78 is 5.33. The van der Waals surface area contributed by atoms with Crippen LogP contribution in [0.2, 0.25) is 0 Å². The molecule has 11 heavy (non-hydrogen) atoms. The van der Waals surface area contributed by atoms with Gasteiger partial charge in [0.15, 0.2) is 0 Å². The second-order valence-corrected chi connectivity index (χ2v) is 3.59. The molecule has 0 aromatic carbocycles. The monoisotopic (exact) mass is 161 g/mol. The van der Waals surface area contributed by atoms with E-state index in [0.29, 0.717) is 0 Å². The lowest BCUT2D eigenvalue weighted by Gasteiger charge is -2.40. The van der Waals surface area contributed by atoms with Gasteiger partial charge in [-0.1, -0.05) is 7.43 Å². The van der Waals surface area contributed by atoms with Crippen LogP contribution in [-0.4, -0.2) is 25.3 Å².